The predicted octanol–water partition coefficient (Wildman–Crippen LogP) is 3.02. The van der Waals surface area contributed by atoms with Gasteiger partial charge in [-0.05, 0) is 39.8 Å². The molecule has 2 atom stereocenters. The molecule has 4 nitrogen and oxygen atoms in total. The third-order valence-corrected chi connectivity index (χ3v) is 6.36. The topological polar surface area (TPSA) is 36.9 Å². The summed E-state index contributed by atoms with van der Waals surface area (Å²) in [4.78, 5) is 0. The number of rotatable bonds is 7. The van der Waals surface area contributed by atoms with Gasteiger partial charge in [0.1, 0.15) is 0 Å². The first-order chi connectivity index (χ1) is 7.89. The third kappa shape index (κ3) is 3.51. The Hall–Kier alpha value is 0.0569. The molecule has 0 saturated carbocycles. The van der Waals surface area contributed by atoms with E-state index in [9.17, 15) is 0 Å². The summed E-state index contributed by atoms with van der Waals surface area (Å²) in [7, 11) is -2.07. The molecule has 0 aromatic heterocycles. The second-order valence-corrected chi connectivity index (χ2v) is 8.27. The van der Waals surface area contributed by atoms with Crippen LogP contribution in [0.25, 0.3) is 0 Å². The molecule has 0 aromatic rings. The van der Waals surface area contributed by atoms with Crippen LogP contribution in [-0.4, -0.2) is 33.3 Å². The molecule has 1 rings (SSSR count). The Morgan fingerprint density at radius 1 is 1.29 bits per heavy atom. The maximum absolute atomic E-state index is 6.09. The molecule has 1 heterocycles. The van der Waals surface area contributed by atoms with E-state index in [1.54, 1.807) is 0 Å². The molecule has 0 aromatic carbocycles. The zero-order valence-electron chi connectivity index (χ0n) is 11.9. The van der Waals surface area contributed by atoms with E-state index in [0.717, 1.165) is 12.5 Å². The lowest BCUT2D eigenvalue weighted by atomic mass is 10.1. The molecule has 0 aliphatic carbocycles. The fraction of sp³-hybridized carbons (Fsp3) is 1.00. The Kier molecular flexibility index (Phi) is 5.16. The molecule has 17 heavy (non-hydrogen) atoms. The number of hydrogen-bond acceptors (Lipinski definition) is 4. The molecule has 0 spiro atoms. The van der Waals surface area contributed by atoms with Crippen molar-refractivity contribution in [2.45, 2.75) is 71.8 Å². The largest absolute Gasteiger partial charge is 0.395 e. The Balaban J connectivity index is 2.51. The minimum atomic E-state index is -2.07. The van der Waals surface area contributed by atoms with Gasteiger partial charge in [-0.25, -0.2) is 0 Å². The molecule has 0 radical (unpaired) electrons. The van der Waals surface area contributed by atoms with Crippen LogP contribution in [0.3, 0.4) is 0 Å². The molecule has 0 N–H and O–H groups in total. The molecular weight excluding hydrogens is 236 g/mol. The van der Waals surface area contributed by atoms with Gasteiger partial charge in [-0.15, -0.1) is 0 Å². The molecule has 5 heteroatoms. The van der Waals surface area contributed by atoms with Gasteiger partial charge >= 0.3 is 8.56 Å². The summed E-state index contributed by atoms with van der Waals surface area (Å²) in [6, 6.07) is 0.929. The summed E-state index contributed by atoms with van der Waals surface area (Å²) in [5, 5.41) is 0. The second-order valence-electron chi connectivity index (χ2n) is 4.77. The molecule has 102 valence electrons. The van der Waals surface area contributed by atoms with Crippen molar-refractivity contribution in [2.75, 3.05) is 6.61 Å². The van der Waals surface area contributed by atoms with Crippen LogP contribution in [0.5, 0.6) is 0 Å². The molecule has 0 amide bonds. The van der Waals surface area contributed by atoms with Gasteiger partial charge in [0.15, 0.2) is 12.1 Å². The Bertz CT molecular complexity index is 243. The highest BCUT2D eigenvalue weighted by molar-refractivity contribution is 6.65. The normalized spacial score (nSPS) is 33.9. The summed E-state index contributed by atoms with van der Waals surface area (Å²) in [6.45, 7) is 12.9. The van der Waals surface area contributed by atoms with Crippen molar-refractivity contribution in [1.29, 1.82) is 0 Å². The van der Waals surface area contributed by atoms with Crippen LogP contribution in [0.4, 0.5) is 0 Å². The lowest BCUT2D eigenvalue weighted by molar-refractivity contribution is -0.463. The van der Waals surface area contributed by atoms with Gasteiger partial charge in [0.05, 0.1) is 6.10 Å². The summed E-state index contributed by atoms with van der Waals surface area (Å²) in [6.07, 6.45) is 0.692. The van der Waals surface area contributed by atoms with Crippen molar-refractivity contribution in [3.8, 4) is 0 Å². The van der Waals surface area contributed by atoms with Gasteiger partial charge in [-0.3, -0.25) is 0 Å². The van der Waals surface area contributed by atoms with Crippen LogP contribution in [-0.2, 0) is 18.3 Å². The van der Waals surface area contributed by atoms with E-state index in [0.29, 0.717) is 6.61 Å². The maximum Gasteiger partial charge on any atom is 0.335 e. The van der Waals surface area contributed by atoms with E-state index in [4.69, 9.17) is 18.3 Å². The van der Waals surface area contributed by atoms with Gasteiger partial charge in [0.2, 0.25) is 0 Å². The van der Waals surface area contributed by atoms with Crippen LogP contribution in [0.2, 0.25) is 12.6 Å². The molecule has 0 bridgehead atoms. The van der Waals surface area contributed by atoms with Gasteiger partial charge in [-0.1, -0.05) is 13.8 Å². The smallest absolute Gasteiger partial charge is 0.335 e. The van der Waals surface area contributed by atoms with Crippen molar-refractivity contribution in [3.05, 3.63) is 0 Å². The van der Waals surface area contributed by atoms with Gasteiger partial charge in [0.25, 0.3) is 0 Å². The van der Waals surface area contributed by atoms with E-state index >= 15 is 0 Å². The average Bonchev–Trinajstić information content (AvgIpc) is 2.24. The van der Waals surface area contributed by atoms with Crippen LogP contribution in [0.15, 0.2) is 0 Å². The van der Waals surface area contributed by atoms with Gasteiger partial charge in [0, 0.05) is 6.61 Å². The zero-order valence-corrected chi connectivity index (χ0v) is 12.9. The molecule has 2 unspecified atom stereocenters. The summed E-state index contributed by atoms with van der Waals surface area (Å²) < 4.78 is 23.3. The molecule has 1 aliphatic heterocycles. The monoisotopic (exact) mass is 262 g/mol. The van der Waals surface area contributed by atoms with Crippen molar-refractivity contribution >= 4 is 8.56 Å². The highest BCUT2D eigenvalue weighted by atomic mass is 28.4. The Labute approximate surface area is 106 Å². The van der Waals surface area contributed by atoms with E-state index in [-0.39, 0.29) is 12.4 Å². The van der Waals surface area contributed by atoms with Gasteiger partial charge in [-0.2, -0.15) is 0 Å². The van der Waals surface area contributed by atoms with Gasteiger partial charge < -0.3 is 18.3 Å². The predicted molar refractivity (Wildman–Crippen MR) is 68.9 cm³/mol. The Morgan fingerprint density at radius 2 is 1.88 bits per heavy atom. The van der Waals surface area contributed by atoms with Crippen LogP contribution in [0.1, 0.15) is 41.0 Å². The summed E-state index contributed by atoms with van der Waals surface area (Å²) in [5.74, 6) is -0.610. The SMILES string of the molecule is CCO[Si](C)(CC)OC(C)C1(C)OC(CC)O1. The van der Waals surface area contributed by atoms with Crippen LogP contribution < -0.4 is 0 Å². The highest BCUT2D eigenvalue weighted by Gasteiger charge is 2.49. The van der Waals surface area contributed by atoms with E-state index in [1.165, 1.54) is 0 Å². The number of hydrogen-bond donors (Lipinski definition) is 0. The maximum atomic E-state index is 6.09. The lowest BCUT2D eigenvalue weighted by Gasteiger charge is -2.49. The van der Waals surface area contributed by atoms with Crippen molar-refractivity contribution in [2.24, 2.45) is 0 Å². The first-order valence-electron chi connectivity index (χ1n) is 6.56. The molecule has 1 fully saturated rings. The minimum Gasteiger partial charge on any atom is -0.395 e. The first kappa shape index (κ1) is 15.1. The summed E-state index contributed by atoms with van der Waals surface area (Å²) in [5.41, 5.74) is 0. The molecule has 1 aliphatic rings. The van der Waals surface area contributed by atoms with E-state index < -0.39 is 14.3 Å². The quantitative estimate of drug-likeness (QED) is 0.661. The van der Waals surface area contributed by atoms with Crippen LogP contribution in [0, 0.1) is 0 Å². The zero-order chi connectivity index (χ0) is 13.1. The standard InChI is InChI=1S/C12H26O4Si/c1-7-11-14-12(5,15-11)10(4)16-17(6,9-3)13-8-2/h10-11H,7-9H2,1-6H3. The van der Waals surface area contributed by atoms with Crippen molar-refractivity contribution in [1.82, 2.24) is 0 Å². The first-order valence-corrected chi connectivity index (χ1v) is 9.09. The fourth-order valence-electron chi connectivity index (χ4n) is 1.89. The average molecular weight is 262 g/mol. The Morgan fingerprint density at radius 3 is 2.29 bits per heavy atom. The van der Waals surface area contributed by atoms with E-state index in [1.807, 2.05) is 27.7 Å². The van der Waals surface area contributed by atoms with Crippen molar-refractivity contribution in [3.63, 3.8) is 0 Å². The fourth-order valence-corrected chi connectivity index (χ4v) is 3.91. The molecule has 1 saturated heterocycles. The highest BCUT2D eigenvalue weighted by Crippen LogP contribution is 2.36. The number of ether oxygens (including phenoxy) is 2. The van der Waals surface area contributed by atoms with Crippen LogP contribution >= 0.6 is 0 Å². The minimum absolute atomic E-state index is 0.0762. The van der Waals surface area contributed by atoms with E-state index in [2.05, 4.69) is 13.5 Å². The summed E-state index contributed by atoms with van der Waals surface area (Å²) >= 11 is 0. The molecular formula is C12H26O4Si. The lowest BCUT2D eigenvalue weighted by Crippen LogP contribution is -2.60. The third-order valence-electron chi connectivity index (χ3n) is 3.32. The second kappa shape index (κ2) is 5.80. The van der Waals surface area contributed by atoms with Crippen molar-refractivity contribution < 1.29 is 18.3 Å².